The van der Waals surface area contributed by atoms with Crippen LogP contribution in [0.4, 0.5) is 13.2 Å². The van der Waals surface area contributed by atoms with Crippen molar-refractivity contribution in [2.24, 2.45) is 18.9 Å². The van der Waals surface area contributed by atoms with E-state index in [1.54, 1.807) is 6.20 Å². The van der Waals surface area contributed by atoms with Crippen LogP contribution in [0.5, 0.6) is 5.75 Å². The Morgan fingerprint density at radius 3 is 2.65 bits per heavy atom. The van der Waals surface area contributed by atoms with E-state index in [0.717, 1.165) is 18.0 Å². The smallest absolute Gasteiger partial charge is 0.416 e. The molecule has 0 radical (unpaired) electrons. The van der Waals surface area contributed by atoms with Crippen LogP contribution in [-0.2, 0) is 29.4 Å². The molecule has 0 saturated carbocycles. The fourth-order valence-corrected chi connectivity index (χ4v) is 4.04. The van der Waals surface area contributed by atoms with Gasteiger partial charge in [0.2, 0.25) is 11.8 Å². The SMILES string of the molecule is CC(=O)NCCNC(=O)[C@@H]1C[C@H](COc2cccc(C(F)(F)F)c2)CN(Cc2nccn2C)C1. The summed E-state index contributed by atoms with van der Waals surface area (Å²) in [5.41, 5.74) is -0.763. The second-order valence-electron chi connectivity index (χ2n) is 8.56. The van der Waals surface area contributed by atoms with Crippen molar-refractivity contribution >= 4 is 11.8 Å². The van der Waals surface area contributed by atoms with E-state index in [2.05, 4.69) is 20.5 Å². The second-order valence-corrected chi connectivity index (χ2v) is 8.56. The van der Waals surface area contributed by atoms with E-state index in [1.165, 1.54) is 19.1 Å². The Kier molecular flexibility index (Phi) is 8.54. The molecule has 34 heavy (non-hydrogen) atoms. The van der Waals surface area contributed by atoms with Crippen molar-refractivity contribution in [3.63, 3.8) is 0 Å². The van der Waals surface area contributed by atoms with Gasteiger partial charge in [0.25, 0.3) is 0 Å². The Bertz CT molecular complexity index is 979. The van der Waals surface area contributed by atoms with Crippen LogP contribution in [-0.4, -0.2) is 59.1 Å². The van der Waals surface area contributed by atoms with Gasteiger partial charge in [0.05, 0.1) is 24.6 Å². The van der Waals surface area contributed by atoms with Crippen LogP contribution in [0.3, 0.4) is 0 Å². The van der Waals surface area contributed by atoms with Gasteiger partial charge in [0, 0.05) is 58.5 Å². The average Bonchev–Trinajstić information content (AvgIpc) is 3.18. The van der Waals surface area contributed by atoms with Crippen LogP contribution in [0.25, 0.3) is 0 Å². The number of hydrogen-bond donors (Lipinski definition) is 2. The van der Waals surface area contributed by atoms with Gasteiger partial charge in [0.1, 0.15) is 11.6 Å². The molecule has 2 aromatic rings. The van der Waals surface area contributed by atoms with E-state index in [9.17, 15) is 22.8 Å². The number of benzene rings is 1. The number of amides is 2. The lowest BCUT2D eigenvalue weighted by Crippen LogP contribution is -2.48. The van der Waals surface area contributed by atoms with Crippen molar-refractivity contribution in [3.8, 4) is 5.75 Å². The van der Waals surface area contributed by atoms with Gasteiger partial charge < -0.3 is 19.9 Å². The molecule has 0 bridgehead atoms. The van der Waals surface area contributed by atoms with Crippen LogP contribution in [0.1, 0.15) is 24.7 Å². The maximum absolute atomic E-state index is 13.0. The summed E-state index contributed by atoms with van der Waals surface area (Å²) in [5.74, 6) is 0.326. The molecule has 1 fully saturated rings. The van der Waals surface area contributed by atoms with Gasteiger partial charge >= 0.3 is 6.18 Å². The summed E-state index contributed by atoms with van der Waals surface area (Å²) >= 11 is 0. The molecule has 2 heterocycles. The lowest BCUT2D eigenvalue weighted by Gasteiger charge is -2.37. The standard InChI is InChI=1S/C23H30F3N5O3/c1-16(32)27-6-7-29-22(33)18-10-17(12-31(13-18)14-21-28-8-9-30(21)2)15-34-20-5-3-4-19(11-20)23(24,25)26/h3-5,8-9,11,17-18H,6-7,10,12-15H2,1-2H3,(H,27,32)(H,29,33)/t17-,18+/m0/s1. The van der Waals surface area contributed by atoms with Crippen LogP contribution >= 0.6 is 0 Å². The molecule has 1 saturated heterocycles. The summed E-state index contributed by atoms with van der Waals surface area (Å²) in [4.78, 5) is 30.3. The van der Waals surface area contributed by atoms with Gasteiger partial charge in [-0.1, -0.05) is 6.07 Å². The number of piperidine rings is 1. The van der Waals surface area contributed by atoms with Crippen molar-refractivity contribution in [1.29, 1.82) is 0 Å². The molecule has 1 aromatic carbocycles. The molecule has 186 valence electrons. The van der Waals surface area contributed by atoms with Crippen LogP contribution in [0.2, 0.25) is 0 Å². The van der Waals surface area contributed by atoms with Crippen molar-refractivity contribution in [1.82, 2.24) is 25.1 Å². The number of hydrogen-bond acceptors (Lipinski definition) is 5. The molecule has 8 nitrogen and oxygen atoms in total. The molecule has 11 heteroatoms. The molecular formula is C23H30F3N5O3. The van der Waals surface area contributed by atoms with E-state index in [1.807, 2.05) is 17.8 Å². The number of imidazole rings is 1. The average molecular weight is 482 g/mol. The highest BCUT2D eigenvalue weighted by Gasteiger charge is 2.33. The van der Waals surface area contributed by atoms with Crippen molar-refractivity contribution in [2.75, 3.05) is 32.8 Å². The summed E-state index contributed by atoms with van der Waals surface area (Å²) in [7, 11) is 1.90. The molecule has 2 atom stereocenters. The zero-order valence-corrected chi connectivity index (χ0v) is 19.3. The predicted molar refractivity (Wildman–Crippen MR) is 119 cm³/mol. The number of nitrogens with one attached hydrogen (secondary N) is 2. The normalized spacial score (nSPS) is 19.0. The Balaban J connectivity index is 1.64. The Morgan fingerprint density at radius 1 is 1.21 bits per heavy atom. The zero-order valence-electron chi connectivity index (χ0n) is 19.3. The van der Waals surface area contributed by atoms with E-state index in [-0.39, 0.29) is 36.0 Å². The van der Waals surface area contributed by atoms with Crippen molar-refractivity contribution in [2.45, 2.75) is 26.1 Å². The summed E-state index contributed by atoms with van der Waals surface area (Å²) in [6.45, 7) is 3.95. The molecule has 1 aromatic heterocycles. The van der Waals surface area contributed by atoms with Crippen LogP contribution in [0.15, 0.2) is 36.7 Å². The Labute approximate surface area is 196 Å². The van der Waals surface area contributed by atoms with Gasteiger partial charge in [-0.2, -0.15) is 13.2 Å². The van der Waals surface area contributed by atoms with E-state index < -0.39 is 11.7 Å². The van der Waals surface area contributed by atoms with E-state index in [0.29, 0.717) is 39.1 Å². The number of carbonyl (C=O) groups excluding carboxylic acids is 2. The lowest BCUT2D eigenvalue weighted by atomic mass is 9.89. The topological polar surface area (TPSA) is 88.5 Å². The molecule has 1 aliphatic rings. The van der Waals surface area contributed by atoms with Gasteiger partial charge in [-0.15, -0.1) is 0 Å². The third-order valence-electron chi connectivity index (χ3n) is 5.71. The number of rotatable bonds is 9. The summed E-state index contributed by atoms with van der Waals surface area (Å²) in [6.07, 6.45) is -0.342. The monoisotopic (exact) mass is 481 g/mol. The number of nitrogens with zero attached hydrogens (tertiary/aromatic N) is 3. The Hall–Kier alpha value is -3.08. The number of aromatic nitrogens is 2. The van der Waals surface area contributed by atoms with Crippen LogP contribution < -0.4 is 15.4 Å². The molecule has 1 aliphatic heterocycles. The third kappa shape index (κ3) is 7.47. The molecular weight excluding hydrogens is 451 g/mol. The Morgan fingerprint density at radius 2 is 1.97 bits per heavy atom. The van der Waals surface area contributed by atoms with E-state index >= 15 is 0 Å². The first-order chi connectivity index (χ1) is 16.1. The van der Waals surface area contributed by atoms with Crippen molar-refractivity contribution < 1.29 is 27.5 Å². The highest BCUT2D eigenvalue weighted by molar-refractivity contribution is 5.79. The molecule has 0 unspecified atom stereocenters. The highest BCUT2D eigenvalue weighted by Crippen LogP contribution is 2.32. The van der Waals surface area contributed by atoms with Gasteiger partial charge in [0.15, 0.2) is 0 Å². The lowest BCUT2D eigenvalue weighted by molar-refractivity contribution is -0.137. The summed E-state index contributed by atoms with van der Waals surface area (Å²) < 4.78 is 46.6. The number of aryl methyl sites for hydroxylation is 1. The second kappa shape index (κ2) is 11.4. The van der Waals surface area contributed by atoms with Gasteiger partial charge in [-0.3, -0.25) is 14.5 Å². The minimum Gasteiger partial charge on any atom is -0.493 e. The minimum absolute atomic E-state index is 0.0605. The zero-order chi connectivity index (χ0) is 24.7. The molecule has 0 aliphatic carbocycles. The fourth-order valence-electron chi connectivity index (χ4n) is 4.04. The predicted octanol–water partition coefficient (Wildman–Crippen LogP) is 2.21. The van der Waals surface area contributed by atoms with E-state index in [4.69, 9.17) is 4.74 Å². The third-order valence-corrected chi connectivity index (χ3v) is 5.71. The number of halogens is 3. The maximum atomic E-state index is 13.0. The maximum Gasteiger partial charge on any atom is 0.416 e. The summed E-state index contributed by atoms with van der Waals surface area (Å²) in [6, 6.07) is 4.80. The van der Waals surface area contributed by atoms with Gasteiger partial charge in [-0.05, 0) is 24.6 Å². The first-order valence-electron chi connectivity index (χ1n) is 11.1. The number of ether oxygens (including phenoxy) is 1. The first kappa shape index (κ1) is 25.5. The quantitative estimate of drug-likeness (QED) is 0.537. The minimum atomic E-state index is -4.44. The van der Waals surface area contributed by atoms with Gasteiger partial charge in [-0.25, -0.2) is 4.98 Å². The number of alkyl halides is 3. The first-order valence-corrected chi connectivity index (χ1v) is 11.1. The molecule has 3 rings (SSSR count). The number of carbonyl (C=O) groups is 2. The van der Waals surface area contributed by atoms with Crippen LogP contribution in [0, 0.1) is 11.8 Å². The van der Waals surface area contributed by atoms with Crippen molar-refractivity contribution in [3.05, 3.63) is 48.0 Å². The molecule has 2 amide bonds. The number of likely N-dealkylation sites (tertiary alicyclic amines) is 1. The largest absolute Gasteiger partial charge is 0.493 e. The summed E-state index contributed by atoms with van der Waals surface area (Å²) in [5, 5.41) is 5.49. The highest BCUT2D eigenvalue weighted by atomic mass is 19.4. The fraction of sp³-hybridized carbons (Fsp3) is 0.522. The molecule has 2 N–H and O–H groups in total. The molecule has 0 spiro atoms.